The zero-order valence-corrected chi connectivity index (χ0v) is 8.03. The Morgan fingerprint density at radius 1 is 1.40 bits per heavy atom. The van der Waals surface area contributed by atoms with Gasteiger partial charge in [-0.2, -0.15) is 0 Å². The number of rotatable bonds is 2. The van der Waals surface area contributed by atoms with Crippen molar-refractivity contribution >= 4 is 5.95 Å². The molecule has 4 nitrogen and oxygen atoms in total. The second-order valence-electron chi connectivity index (χ2n) is 3.58. The number of alkyl halides is 2. The van der Waals surface area contributed by atoms with E-state index in [0.29, 0.717) is 11.5 Å². The number of hydrogen-bond acceptors (Lipinski definition) is 4. The molecule has 2 rings (SSSR count). The van der Waals surface area contributed by atoms with E-state index in [2.05, 4.69) is 9.97 Å². The summed E-state index contributed by atoms with van der Waals surface area (Å²) in [7, 11) is 0. The molecule has 1 aromatic heterocycles. The van der Waals surface area contributed by atoms with Gasteiger partial charge in [-0.05, 0) is 0 Å². The highest BCUT2D eigenvalue weighted by Crippen LogP contribution is 2.28. The molecule has 0 radical (unpaired) electrons. The summed E-state index contributed by atoms with van der Waals surface area (Å²) in [4.78, 5) is 9.28. The molecule has 0 aliphatic carbocycles. The maximum absolute atomic E-state index is 12.9. The second kappa shape index (κ2) is 3.69. The molecule has 0 amide bonds. The van der Waals surface area contributed by atoms with Crippen LogP contribution >= 0.6 is 0 Å². The molecule has 1 aliphatic rings. The van der Waals surface area contributed by atoms with Gasteiger partial charge in [0.05, 0.1) is 13.2 Å². The van der Waals surface area contributed by atoms with Crippen molar-refractivity contribution < 1.29 is 13.9 Å². The number of hydrogen-bond donors (Lipinski definition) is 1. The summed E-state index contributed by atoms with van der Waals surface area (Å²) in [5.41, 5.74) is 0.574. The Labute approximate surface area is 85.6 Å². The number of nitrogens with zero attached hydrogens (tertiary/aromatic N) is 3. The molecule has 0 aromatic carbocycles. The van der Waals surface area contributed by atoms with Crippen molar-refractivity contribution in [1.82, 2.24) is 9.97 Å². The minimum atomic E-state index is -2.64. The predicted octanol–water partition coefficient (Wildman–Crippen LogP) is 0.814. The van der Waals surface area contributed by atoms with E-state index < -0.39 is 5.92 Å². The lowest BCUT2D eigenvalue weighted by Crippen LogP contribution is -2.26. The second-order valence-corrected chi connectivity index (χ2v) is 3.58. The largest absolute Gasteiger partial charge is 0.392 e. The Kier molecular flexibility index (Phi) is 2.52. The normalized spacial score (nSPS) is 19.5. The topological polar surface area (TPSA) is 49.3 Å². The van der Waals surface area contributed by atoms with Gasteiger partial charge in [-0.3, -0.25) is 0 Å². The maximum Gasteiger partial charge on any atom is 0.267 e. The van der Waals surface area contributed by atoms with Crippen molar-refractivity contribution in [2.45, 2.75) is 19.0 Å². The fourth-order valence-corrected chi connectivity index (χ4v) is 1.50. The van der Waals surface area contributed by atoms with Gasteiger partial charge in [-0.25, -0.2) is 18.7 Å². The van der Waals surface area contributed by atoms with E-state index in [4.69, 9.17) is 5.11 Å². The molecule has 82 valence electrons. The Balaban J connectivity index is 2.11. The van der Waals surface area contributed by atoms with E-state index in [9.17, 15) is 8.78 Å². The van der Waals surface area contributed by atoms with Gasteiger partial charge in [0.2, 0.25) is 5.95 Å². The van der Waals surface area contributed by atoms with E-state index >= 15 is 0 Å². The fourth-order valence-electron chi connectivity index (χ4n) is 1.50. The lowest BCUT2D eigenvalue weighted by atomic mass is 10.3. The van der Waals surface area contributed by atoms with Gasteiger partial charge in [0.1, 0.15) is 0 Å². The van der Waals surface area contributed by atoms with Crippen LogP contribution < -0.4 is 4.90 Å². The molecule has 0 bridgehead atoms. The minimum absolute atomic E-state index is 0.142. The first kappa shape index (κ1) is 10.2. The third-order valence-electron chi connectivity index (χ3n) is 2.33. The van der Waals surface area contributed by atoms with Crippen molar-refractivity contribution in [2.24, 2.45) is 0 Å². The van der Waals surface area contributed by atoms with Crippen molar-refractivity contribution in [3.05, 3.63) is 18.0 Å². The average molecular weight is 215 g/mol. The summed E-state index contributed by atoms with van der Waals surface area (Å²) < 4.78 is 25.8. The van der Waals surface area contributed by atoms with E-state index in [-0.39, 0.29) is 26.1 Å². The van der Waals surface area contributed by atoms with Gasteiger partial charge < -0.3 is 10.0 Å². The molecule has 15 heavy (non-hydrogen) atoms. The molecule has 1 N–H and O–H groups in total. The van der Waals surface area contributed by atoms with Gasteiger partial charge in [0.25, 0.3) is 5.92 Å². The van der Waals surface area contributed by atoms with Crippen LogP contribution in [-0.4, -0.2) is 34.1 Å². The summed E-state index contributed by atoms with van der Waals surface area (Å²) in [6.45, 7) is -0.201. The van der Waals surface area contributed by atoms with Gasteiger partial charge in [0, 0.05) is 30.9 Å². The Morgan fingerprint density at radius 2 is 2.07 bits per heavy atom. The summed E-state index contributed by atoms with van der Waals surface area (Å²) >= 11 is 0. The molecular formula is C9H11F2N3O. The fraction of sp³-hybridized carbons (Fsp3) is 0.556. The smallest absolute Gasteiger partial charge is 0.267 e. The molecular weight excluding hydrogens is 204 g/mol. The standard InChI is InChI=1S/C9H11F2N3O/c10-9(11)1-2-14(6-9)8-12-3-7(5-15)4-13-8/h3-4,15H,1-2,5-6H2. The molecule has 1 fully saturated rings. The maximum atomic E-state index is 12.9. The highest BCUT2D eigenvalue weighted by atomic mass is 19.3. The lowest BCUT2D eigenvalue weighted by molar-refractivity contribution is 0.0256. The first-order chi connectivity index (χ1) is 7.11. The van der Waals surface area contributed by atoms with Crippen molar-refractivity contribution in [3.8, 4) is 0 Å². The summed E-state index contributed by atoms with van der Waals surface area (Å²) in [5.74, 6) is -2.34. The Bertz CT molecular complexity index is 342. The Morgan fingerprint density at radius 3 is 2.53 bits per heavy atom. The predicted molar refractivity (Wildman–Crippen MR) is 49.7 cm³/mol. The molecule has 2 heterocycles. The van der Waals surface area contributed by atoms with Gasteiger partial charge >= 0.3 is 0 Å². The molecule has 1 aliphatic heterocycles. The van der Waals surface area contributed by atoms with Gasteiger partial charge in [-0.15, -0.1) is 0 Å². The minimum Gasteiger partial charge on any atom is -0.392 e. The van der Waals surface area contributed by atoms with Gasteiger partial charge in [0.15, 0.2) is 0 Å². The highest BCUT2D eigenvalue weighted by molar-refractivity contribution is 5.32. The van der Waals surface area contributed by atoms with Crippen LogP contribution in [0, 0.1) is 0 Å². The molecule has 0 saturated carbocycles. The molecule has 0 unspecified atom stereocenters. The molecule has 0 spiro atoms. The number of anilines is 1. The number of aliphatic hydroxyl groups excluding tert-OH is 1. The van der Waals surface area contributed by atoms with E-state index in [1.165, 1.54) is 17.3 Å². The van der Waals surface area contributed by atoms with Crippen LogP contribution in [0.15, 0.2) is 12.4 Å². The molecule has 1 saturated heterocycles. The van der Waals surface area contributed by atoms with Crippen molar-refractivity contribution in [3.63, 3.8) is 0 Å². The van der Waals surface area contributed by atoms with Crippen LogP contribution in [0.5, 0.6) is 0 Å². The number of aliphatic hydroxyl groups is 1. The van der Waals surface area contributed by atoms with E-state index in [1.54, 1.807) is 0 Å². The lowest BCUT2D eigenvalue weighted by Gasteiger charge is -2.15. The monoisotopic (exact) mass is 215 g/mol. The third kappa shape index (κ3) is 2.20. The summed E-state index contributed by atoms with van der Waals surface area (Å²) in [5, 5.41) is 8.76. The summed E-state index contributed by atoms with van der Waals surface area (Å²) in [6.07, 6.45) is 2.73. The van der Waals surface area contributed by atoms with Crippen LogP contribution in [0.2, 0.25) is 0 Å². The molecule has 6 heteroatoms. The van der Waals surface area contributed by atoms with Crippen molar-refractivity contribution in [2.75, 3.05) is 18.0 Å². The Hall–Kier alpha value is -1.30. The highest BCUT2D eigenvalue weighted by Gasteiger charge is 2.39. The van der Waals surface area contributed by atoms with Crippen LogP contribution in [0.25, 0.3) is 0 Å². The van der Waals surface area contributed by atoms with E-state index in [1.807, 2.05) is 0 Å². The first-order valence-electron chi connectivity index (χ1n) is 4.65. The molecule has 0 atom stereocenters. The van der Waals surface area contributed by atoms with Crippen LogP contribution in [0.3, 0.4) is 0 Å². The number of aromatic nitrogens is 2. The van der Waals surface area contributed by atoms with E-state index in [0.717, 1.165) is 0 Å². The average Bonchev–Trinajstić information content (AvgIpc) is 2.59. The van der Waals surface area contributed by atoms with Crippen molar-refractivity contribution in [1.29, 1.82) is 0 Å². The first-order valence-corrected chi connectivity index (χ1v) is 4.65. The quantitative estimate of drug-likeness (QED) is 0.793. The van der Waals surface area contributed by atoms with Crippen LogP contribution in [0.4, 0.5) is 14.7 Å². The SMILES string of the molecule is OCc1cnc(N2CCC(F)(F)C2)nc1. The van der Waals surface area contributed by atoms with Crippen LogP contribution in [-0.2, 0) is 6.61 Å². The van der Waals surface area contributed by atoms with Gasteiger partial charge in [-0.1, -0.05) is 0 Å². The molecule has 1 aromatic rings. The number of halogens is 2. The zero-order valence-electron chi connectivity index (χ0n) is 8.03. The third-order valence-corrected chi connectivity index (χ3v) is 2.33. The summed E-state index contributed by atoms with van der Waals surface area (Å²) in [6, 6.07) is 0. The van der Waals surface area contributed by atoms with Crippen LogP contribution in [0.1, 0.15) is 12.0 Å². The zero-order chi connectivity index (χ0) is 10.9.